The van der Waals surface area contributed by atoms with Gasteiger partial charge in [0, 0.05) is 11.8 Å². The number of benzene rings is 2. The van der Waals surface area contributed by atoms with E-state index in [1.807, 2.05) is 26.0 Å². The third kappa shape index (κ3) is 3.32. The van der Waals surface area contributed by atoms with Crippen LogP contribution in [-0.2, 0) is 9.84 Å². The van der Waals surface area contributed by atoms with E-state index < -0.39 is 9.84 Å². The number of sulfone groups is 1. The van der Waals surface area contributed by atoms with Gasteiger partial charge in [-0.15, -0.1) is 0 Å². The highest BCUT2D eigenvalue weighted by Gasteiger charge is 2.14. The molecule has 1 N–H and O–H groups in total. The van der Waals surface area contributed by atoms with E-state index in [1.54, 1.807) is 12.1 Å². The molecule has 7 heteroatoms. The van der Waals surface area contributed by atoms with Crippen LogP contribution < -0.4 is 5.32 Å². The number of carbonyl (C=O) groups is 1. The number of carbonyl (C=O) groups excluding carboxylic acids is 1. The summed E-state index contributed by atoms with van der Waals surface area (Å²) in [5.74, 6) is -0.381. The van der Waals surface area contributed by atoms with Crippen LogP contribution in [0.2, 0.25) is 0 Å². The highest BCUT2D eigenvalue weighted by Crippen LogP contribution is 2.29. The lowest BCUT2D eigenvalue weighted by atomic mass is 10.1. The minimum atomic E-state index is -3.36. The number of aryl methyl sites for hydroxylation is 2. The Kier molecular flexibility index (Phi) is 4.15. The highest BCUT2D eigenvalue weighted by molar-refractivity contribution is 7.90. The van der Waals surface area contributed by atoms with Crippen LogP contribution in [0.4, 0.5) is 5.13 Å². The fraction of sp³-hybridized carbons (Fsp3) is 0.176. The lowest BCUT2D eigenvalue weighted by Gasteiger charge is -2.03. The second-order valence-electron chi connectivity index (χ2n) is 5.70. The molecule has 0 atom stereocenters. The third-order valence-corrected chi connectivity index (χ3v) is 5.60. The van der Waals surface area contributed by atoms with Crippen molar-refractivity contribution >= 4 is 42.4 Å². The average molecular weight is 360 g/mol. The maximum absolute atomic E-state index is 12.4. The molecule has 0 fully saturated rings. The molecule has 1 aromatic heterocycles. The lowest BCUT2D eigenvalue weighted by Crippen LogP contribution is -2.12. The molecule has 0 bridgehead atoms. The molecule has 0 aliphatic carbocycles. The van der Waals surface area contributed by atoms with Crippen LogP contribution in [0.3, 0.4) is 0 Å². The van der Waals surface area contributed by atoms with Crippen molar-refractivity contribution in [2.24, 2.45) is 0 Å². The fourth-order valence-electron chi connectivity index (χ4n) is 2.46. The second-order valence-corrected chi connectivity index (χ2v) is 8.75. The first-order valence-corrected chi connectivity index (χ1v) is 9.94. The molecule has 0 aliphatic heterocycles. The van der Waals surface area contributed by atoms with Crippen LogP contribution in [0.1, 0.15) is 21.5 Å². The molecule has 0 aliphatic rings. The average Bonchev–Trinajstić information content (AvgIpc) is 2.89. The van der Waals surface area contributed by atoms with Crippen molar-refractivity contribution in [2.45, 2.75) is 18.7 Å². The van der Waals surface area contributed by atoms with Crippen molar-refractivity contribution < 1.29 is 13.2 Å². The molecule has 0 spiro atoms. The van der Waals surface area contributed by atoms with E-state index in [1.165, 1.54) is 23.5 Å². The van der Waals surface area contributed by atoms with E-state index in [-0.39, 0.29) is 16.4 Å². The maximum atomic E-state index is 12.4. The Morgan fingerprint density at radius 1 is 1.17 bits per heavy atom. The molecule has 24 heavy (non-hydrogen) atoms. The SMILES string of the molecule is Cc1cc(C)c2nc(NC(=O)c3cccc(S(C)(=O)=O)c3)sc2c1. The second kappa shape index (κ2) is 5.99. The van der Waals surface area contributed by atoms with Crippen molar-refractivity contribution in [3.05, 3.63) is 53.1 Å². The Labute approximate surface area is 144 Å². The van der Waals surface area contributed by atoms with Gasteiger partial charge in [-0.25, -0.2) is 13.4 Å². The molecule has 5 nitrogen and oxygen atoms in total. The molecule has 0 radical (unpaired) electrons. The normalized spacial score (nSPS) is 11.6. The van der Waals surface area contributed by atoms with Crippen LogP contribution >= 0.6 is 11.3 Å². The van der Waals surface area contributed by atoms with Crippen LogP contribution in [0.5, 0.6) is 0 Å². The fourth-order valence-corrected chi connectivity index (χ4v) is 4.17. The van der Waals surface area contributed by atoms with Crippen molar-refractivity contribution in [3.8, 4) is 0 Å². The number of nitrogens with zero attached hydrogens (tertiary/aromatic N) is 1. The summed E-state index contributed by atoms with van der Waals surface area (Å²) >= 11 is 1.40. The highest BCUT2D eigenvalue weighted by atomic mass is 32.2. The van der Waals surface area contributed by atoms with Crippen molar-refractivity contribution in [1.29, 1.82) is 0 Å². The minimum absolute atomic E-state index is 0.117. The predicted octanol–water partition coefficient (Wildman–Crippen LogP) is 3.57. The Morgan fingerprint density at radius 3 is 2.62 bits per heavy atom. The van der Waals surface area contributed by atoms with Gasteiger partial charge in [-0.2, -0.15) is 0 Å². The monoisotopic (exact) mass is 360 g/mol. The molecular weight excluding hydrogens is 344 g/mol. The number of amides is 1. The van der Waals surface area contributed by atoms with Gasteiger partial charge in [-0.1, -0.05) is 23.5 Å². The molecule has 1 amide bonds. The van der Waals surface area contributed by atoms with Gasteiger partial charge in [0.1, 0.15) is 0 Å². The van der Waals surface area contributed by atoms with Gasteiger partial charge < -0.3 is 0 Å². The number of fused-ring (bicyclic) bond motifs is 1. The zero-order valence-electron chi connectivity index (χ0n) is 13.5. The van der Waals surface area contributed by atoms with E-state index in [0.717, 1.165) is 27.6 Å². The van der Waals surface area contributed by atoms with E-state index in [2.05, 4.69) is 10.3 Å². The standard InChI is InChI=1S/C17H16N2O3S2/c1-10-7-11(2)15-14(8-10)23-17(18-15)19-16(20)12-5-4-6-13(9-12)24(3,21)22/h4-9H,1-3H3,(H,18,19,20). The van der Waals surface area contributed by atoms with Gasteiger partial charge in [0.2, 0.25) is 0 Å². The van der Waals surface area contributed by atoms with Gasteiger partial charge in [0.15, 0.2) is 15.0 Å². The molecule has 3 rings (SSSR count). The molecule has 2 aromatic carbocycles. The van der Waals surface area contributed by atoms with Crippen molar-refractivity contribution in [1.82, 2.24) is 4.98 Å². The smallest absolute Gasteiger partial charge is 0.257 e. The summed E-state index contributed by atoms with van der Waals surface area (Å²) in [6.07, 6.45) is 1.11. The summed E-state index contributed by atoms with van der Waals surface area (Å²) < 4.78 is 24.2. The largest absolute Gasteiger partial charge is 0.298 e. The Hall–Kier alpha value is -2.25. The van der Waals surface area contributed by atoms with Crippen molar-refractivity contribution in [3.63, 3.8) is 0 Å². The summed E-state index contributed by atoms with van der Waals surface area (Å²) in [6, 6.07) is 10.0. The first kappa shape index (κ1) is 16.6. The molecule has 0 unspecified atom stereocenters. The van der Waals surface area contributed by atoms with Gasteiger partial charge in [-0.05, 0) is 49.2 Å². The van der Waals surface area contributed by atoms with Crippen LogP contribution in [-0.4, -0.2) is 25.6 Å². The Morgan fingerprint density at radius 2 is 1.92 bits per heavy atom. The first-order chi connectivity index (χ1) is 11.2. The van der Waals surface area contributed by atoms with Gasteiger partial charge in [-0.3, -0.25) is 10.1 Å². The van der Waals surface area contributed by atoms with E-state index in [4.69, 9.17) is 0 Å². The molecule has 1 heterocycles. The Balaban J connectivity index is 1.92. The molecule has 124 valence electrons. The molecule has 0 saturated carbocycles. The lowest BCUT2D eigenvalue weighted by molar-refractivity contribution is 0.102. The van der Waals surface area contributed by atoms with E-state index in [0.29, 0.717) is 5.13 Å². The van der Waals surface area contributed by atoms with Crippen LogP contribution in [0.25, 0.3) is 10.2 Å². The molecule has 3 aromatic rings. The number of hydrogen-bond donors (Lipinski definition) is 1. The van der Waals surface area contributed by atoms with Gasteiger partial charge in [0.25, 0.3) is 5.91 Å². The summed E-state index contributed by atoms with van der Waals surface area (Å²) in [4.78, 5) is 17.0. The van der Waals surface area contributed by atoms with Crippen LogP contribution in [0, 0.1) is 13.8 Å². The van der Waals surface area contributed by atoms with Gasteiger partial charge in [0.05, 0.1) is 15.1 Å². The minimum Gasteiger partial charge on any atom is -0.298 e. The zero-order valence-corrected chi connectivity index (χ0v) is 15.1. The maximum Gasteiger partial charge on any atom is 0.257 e. The Bertz CT molecular complexity index is 1050. The summed E-state index contributed by atoms with van der Waals surface area (Å²) in [6.45, 7) is 4.00. The van der Waals surface area contributed by atoms with E-state index >= 15 is 0 Å². The quantitative estimate of drug-likeness (QED) is 0.775. The molecular formula is C17H16N2O3S2. The number of nitrogens with one attached hydrogen (secondary N) is 1. The number of rotatable bonds is 3. The zero-order chi connectivity index (χ0) is 17.5. The van der Waals surface area contributed by atoms with Crippen LogP contribution in [0.15, 0.2) is 41.3 Å². The molecule has 0 saturated heterocycles. The number of aromatic nitrogens is 1. The summed E-state index contributed by atoms with van der Waals surface area (Å²) in [5.41, 5.74) is 3.35. The summed E-state index contributed by atoms with van der Waals surface area (Å²) in [5, 5.41) is 3.24. The van der Waals surface area contributed by atoms with Crippen molar-refractivity contribution in [2.75, 3.05) is 11.6 Å². The summed E-state index contributed by atoms with van der Waals surface area (Å²) in [7, 11) is -3.36. The topological polar surface area (TPSA) is 76.1 Å². The number of hydrogen-bond acceptors (Lipinski definition) is 5. The third-order valence-electron chi connectivity index (χ3n) is 3.57. The predicted molar refractivity (Wildman–Crippen MR) is 96.6 cm³/mol. The number of thiazole rings is 1. The first-order valence-electron chi connectivity index (χ1n) is 7.23. The van der Waals surface area contributed by atoms with E-state index in [9.17, 15) is 13.2 Å². The van der Waals surface area contributed by atoms with Gasteiger partial charge >= 0.3 is 0 Å². The number of anilines is 1.